The summed E-state index contributed by atoms with van der Waals surface area (Å²) in [6.07, 6.45) is 3.34. The predicted octanol–water partition coefficient (Wildman–Crippen LogP) is 3.69. The van der Waals surface area contributed by atoms with Crippen LogP contribution in [0.5, 0.6) is 0 Å². The van der Waals surface area contributed by atoms with E-state index in [1.807, 2.05) is 38.1 Å². The molecule has 0 amide bonds. The van der Waals surface area contributed by atoms with E-state index in [4.69, 9.17) is 0 Å². The smallest absolute Gasteiger partial charge is 0.194 e. The zero-order valence-electron chi connectivity index (χ0n) is 9.70. The van der Waals surface area contributed by atoms with E-state index in [0.717, 1.165) is 15.6 Å². The van der Waals surface area contributed by atoms with Gasteiger partial charge in [-0.2, -0.15) is 0 Å². The van der Waals surface area contributed by atoms with E-state index >= 15 is 0 Å². The number of pyridine rings is 1. The maximum Gasteiger partial charge on any atom is 0.194 e. The fraction of sp³-hybridized carbons (Fsp3) is 0.143. The van der Waals surface area contributed by atoms with Crippen LogP contribution < -0.4 is 0 Å². The molecule has 86 valence electrons. The van der Waals surface area contributed by atoms with Crippen molar-refractivity contribution in [3.8, 4) is 0 Å². The highest BCUT2D eigenvalue weighted by atomic mass is 79.9. The van der Waals surface area contributed by atoms with Crippen molar-refractivity contribution in [2.45, 2.75) is 13.8 Å². The molecule has 2 nitrogen and oxygen atoms in total. The molecule has 0 bridgehead atoms. The second-order valence-electron chi connectivity index (χ2n) is 4.04. The third-order valence-electron chi connectivity index (χ3n) is 2.57. The van der Waals surface area contributed by atoms with Crippen molar-refractivity contribution >= 4 is 21.7 Å². The van der Waals surface area contributed by atoms with Crippen molar-refractivity contribution in [3.63, 3.8) is 0 Å². The van der Waals surface area contributed by atoms with Crippen molar-refractivity contribution in [1.29, 1.82) is 0 Å². The highest BCUT2D eigenvalue weighted by Crippen LogP contribution is 2.19. The zero-order valence-corrected chi connectivity index (χ0v) is 11.3. The minimum atomic E-state index is 0.00176. The summed E-state index contributed by atoms with van der Waals surface area (Å²) in [7, 11) is 0. The molecule has 1 aromatic heterocycles. The van der Waals surface area contributed by atoms with E-state index in [2.05, 4.69) is 20.9 Å². The van der Waals surface area contributed by atoms with Gasteiger partial charge in [0, 0.05) is 28.0 Å². The van der Waals surface area contributed by atoms with Gasteiger partial charge in [-0.1, -0.05) is 28.1 Å². The summed E-state index contributed by atoms with van der Waals surface area (Å²) < 4.78 is 0.948. The van der Waals surface area contributed by atoms with Crippen LogP contribution in [0.1, 0.15) is 27.0 Å². The Bertz CT molecular complexity index is 578. The summed E-state index contributed by atoms with van der Waals surface area (Å²) in [4.78, 5) is 16.2. The molecule has 3 heteroatoms. The maximum atomic E-state index is 12.2. The molecule has 0 aliphatic carbocycles. The van der Waals surface area contributed by atoms with Gasteiger partial charge in [0.1, 0.15) is 0 Å². The second kappa shape index (κ2) is 4.80. The van der Waals surface area contributed by atoms with Crippen molar-refractivity contribution in [2.75, 3.05) is 0 Å². The number of halogens is 1. The molecule has 1 heterocycles. The first-order valence-corrected chi connectivity index (χ1v) is 6.10. The molecule has 2 aromatic rings. The molecule has 0 radical (unpaired) electrons. The first-order chi connectivity index (χ1) is 8.08. The quantitative estimate of drug-likeness (QED) is 0.789. The Morgan fingerprint density at radius 1 is 1.12 bits per heavy atom. The van der Waals surface area contributed by atoms with Crippen LogP contribution in [-0.2, 0) is 0 Å². The van der Waals surface area contributed by atoms with Crippen LogP contribution in [0.4, 0.5) is 0 Å². The molecule has 0 aliphatic heterocycles. The van der Waals surface area contributed by atoms with Gasteiger partial charge >= 0.3 is 0 Å². The number of hydrogen-bond donors (Lipinski definition) is 0. The Morgan fingerprint density at radius 2 is 1.88 bits per heavy atom. The van der Waals surface area contributed by atoms with Gasteiger partial charge < -0.3 is 0 Å². The summed E-state index contributed by atoms with van der Waals surface area (Å²) >= 11 is 3.43. The largest absolute Gasteiger partial charge is 0.289 e. The topological polar surface area (TPSA) is 30.0 Å². The number of rotatable bonds is 2. The zero-order chi connectivity index (χ0) is 12.4. The highest BCUT2D eigenvalue weighted by Gasteiger charge is 2.10. The monoisotopic (exact) mass is 289 g/mol. The molecule has 0 fully saturated rings. The number of hydrogen-bond acceptors (Lipinski definition) is 2. The van der Waals surface area contributed by atoms with Gasteiger partial charge in [0.15, 0.2) is 5.78 Å². The first-order valence-electron chi connectivity index (χ1n) is 5.30. The van der Waals surface area contributed by atoms with Gasteiger partial charge in [0.05, 0.1) is 0 Å². The number of ketones is 1. The lowest BCUT2D eigenvalue weighted by Crippen LogP contribution is -2.02. The summed E-state index contributed by atoms with van der Waals surface area (Å²) in [5.74, 6) is 0.00176. The number of nitrogens with zero attached hydrogens (tertiary/aromatic N) is 1. The Morgan fingerprint density at radius 3 is 2.53 bits per heavy atom. The molecule has 0 saturated heterocycles. The minimum Gasteiger partial charge on any atom is -0.289 e. The third kappa shape index (κ3) is 2.61. The Labute approximate surface area is 109 Å². The van der Waals surface area contributed by atoms with Gasteiger partial charge in [-0.3, -0.25) is 9.78 Å². The molecule has 0 atom stereocenters. The standard InChI is InChI=1S/C14H12BrNO/c1-9-5-12(8-16-7-9)14(17)11-4-3-10(2)13(15)6-11/h3-8H,1-2H3. The van der Waals surface area contributed by atoms with Gasteiger partial charge in [0.25, 0.3) is 0 Å². The van der Waals surface area contributed by atoms with E-state index in [1.165, 1.54) is 0 Å². The lowest BCUT2D eigenvalue weighted by molar-refractivity contribution is 0.103. The SMILES string of the molecule is Cc1cncc(C(=O)c2ccc(C)c(Br)c2)c1. The molecule has 0 unspecified atom stereocenters. The predicted molar refractivity (Wildman–Crippen MR) is 71.3 cm³/mol. The lowest BCUT2D eigenvalue weighted by atomic mass is 10.0. The second-order valence-corrected chi connectivity index (χ2v) is 4.90. The molecular weight excluding hydrogens is 278 g/mol. The van der Waals surface area contributed by atoms with Crippen LogP contribution in [-0.4, -0.2) is 10.8 Å². The molecule has 1 aromatic carbocycles. The molecule has 0 N–H and O–H groups in total. The Balaban J connectivity index is 2.40. The minimum absolute atomic E-state index is 0.00176. The summed E-state index contributed by atoms with van der Waals surface area (Å²) in [5, 5.41) is 0. The van der Waals surface area contributed by atoms with E-state index in [9.17, 15) is 4.79 Å². The molecule has 0 saturated carbocycles. The van der Waals surface area contributed by atoms with Gasteiger partial charge in [-0.25, -0.2) is 0 Å². The summed E-state index contributed by atoms with van der Waals surface area (Å²) in [5.41, 5.74) is 3.40. The van der Waals surface area contributed by atoms with Crippen molar-refractivity contribution in [3.05, 3.63) is 63.4 Å². The van der Waals surface area contributed by atoms with E-state index < -0.39 is 0 Å². The average Bonchev–Trinajstić information content (AvgIpc) is 2.32. The van der Waals surface area contributed by atoms with Crippen LogP contribution in [0.2, 0.25) is 0 Å². The fourth-order valence-electron chi connectivity index (χ4n) is 1.58. The Hall–Kier alpha value is -1.48. The lowest BCUT2D eigenvalue weighted by Gasteiger charge is -2.04. The summed E-state index contributed by atoms with van der Waals surface area (Å²) in [6, 6.07) is 7.47. The van der Waals surface area contributed by atoms with Crippen LogP contribution >= 0.6 is 15.9 Å². The van der Waals surface area contributed by atoms with E-state index in [-0.39, 0.29) is 5.78 Å². The first kappa shape index (κ1) is 12.0. The van der Waals surface area contributed by atoms with Crippen LogP contribution in [0.25, 0.3) is 0 Å². The molecule has 0 spiro atoms. The van der Waals surface area contributed by atoms with Gasteiger partial charge in [0.2, 0.25) is 0 Å². The van der Waals surface area contributed by atoms with Crippen molar-refractivity contribution in [2.24, 2.45) is 0 Å². The van der Waals surface area contributed by atoms with Crippen LogP contribution in [0, 0.1) is 13.8 Å². The van der Waals surface area contributed by atoms with Crippen molar-refractivity contribution in [1.82, 2.24) is 4.98 Å². The maximum absolute atomic E-state index is 12.2. The van der Waals surface area contributed by atoms with Crippen LogP contribution in [0.15, 0.2) is 41.1 Å². The number of carbonyl (C=O) groups is 1. The molecule has 2 rings (SSSR count). The van der Waals surface area contributed by atoms with Crippen LogP contribution in [0.3, 0.4) is 0 Å². The Kier molecular flexibility index (Phi) is 3.38. The number of carbonyl (C=O) groups excluding carboxylic acids is 1. The normalized spacial score (nSPS) is 10.3. The molecular formula is C14H12BrNO. The number of aryl methyl sites for hydroxylation is 2. The number of aromatic nitrogens is 1. The van der Waals surface area contributed by atoms with E-state index in [0.29, 0.717) is 11.1 Å². The summed E-state index contributed by atoms with van der Waals surface area (Å²) in [6.45, 7) is 3.92. The van der Waals surface area contributed by atoms with E-state index in [1.54, 1.807) is 12.4 Å². The molecule has 17 heavy (non-hydrogen) atoms. The highest BCUT2D eigenvalue weighted by molar-refractivity contribution is 9.10. The fourth-order valence-corrected chi connectivity index (χ4v) is 1.96. The van der Waals surface area contributed by atoms with Gasteiger partial charge in [-0.05, 0) is 37.1 Å². The number of benzene rings is 1. The average molecular weight is 290 g/mol. The van der Waals surface area contributed by atoms with Crippen molar-refractivity contribution < 1.29 is 4.79 Å². The van der Waals surface area contributed by atoms with Gasteiger partial charge in [-0.15, -0.1) is 0 Å². The molecule has 0 aliphatic rings. The third-order valence-corrected chi connectivity index (χ3v) is 3.43.